The first kappa shape index (κ1) is 26.8. The lowest BCUT2D eigenvalue weighted by molar-refractivity contribution is -0.141. The van der Waals surface area contributed by atoms with Crippen LogP contribution in [-0.4, -0.2) is 62.9 Å². The number of ether oxygens (including phenoxy) is 1. The molecule has 0 radical (unpaired) electrons. The zero-order valence-electron chi connectivity index (χ0n) is 21.4. The standard InChI is InChI=1S/C27H28F3N7O2/c1-18-21(16-33-37(18)24-4-2-3-23(35-24)27(28,29)30)25(38)34-19-5-6-22(32-15-19)26(17-31)9-7-20(8-10-26)36-11-13-39-14-12-36/h2-6,15-16,20H,7-14H2,1H3,(H,34,38)/t20-,26-. The molecule has 204 valence electrons. The number of nitrogens with zero attached hydrogens (tertiary/aromatic N) is 6. The molecule has 2 aliphatic rings. The maximum atomic E-state index is 13.1. The molecular formula is C27H28F3N7O2. The van der Waals surface area contributed by atoms with Gasteiger partial charge in [-0.3, -0.25) is 14.7 Å². The Kier molecular flexibility index (Phi) is 7.38. The van der Waals surface area contributed by atoms with E-state index in [0.717, 1.165) is 45.2 Å². The van der Waals surface area contributed by atoms with Crippen LogP contribution in [0.3, 0.4) is 0 Å². The van der Waals surface area contributed by atoms with E-state index >= 15 is 0 Å². The zero-order valence-corrected chi connectivity index (χ0v) is 21.4. The number of nitrogens with one attached hydrogen (secondary N) is 1. The number of carbonyl (C=O) groups excluding carboxylic acids is 1. The van der Waals surface area contributed by atoms with Gasteiger partial charge in [-0.25, -0.2) is 9.67 Å². The first-order chi connectivity index (χ1) is 18.7. The number of hydrogen-bond donors (Lipinski definition) is 1. The summed E-state index contributed by atoms with van der Waals surface area (Å²) in [5.74, 6) is -0.529. The number of halogens is 3. The molecule has 1 aliphatic heterocycles. The zero-order chi connectivity index (χ0) is 27.6. The van der Waals surface area contributed by atoms with Crippen molar-refractivity contribution in [2.45, 2.75) is 50.2 Å². The lowest BCUT2D eigenvalue weighted by atomic mass is 9.71. The van der Waals surface area contributed by atoms with Gasteiger partial charge in [0.15, 0.2) is 5.82 Å². The Bertz CT molecular complexity index is 1370. The van der Waals surface area contributed by atoms with E-state index in [1.165, 1.54) is 29.2 Å². The highest BCUT2D eigenvalue weighted by Crippen LogP contribution is 2.40. The summed E-state index contributed by atoms with van der Waals surface area (Å²) >= 11 is 0. The number of hydrogen-bond acceptors (Lipinski definition) is 7. The fraction of sp³-hybridized carbons (Fsp3) is 0.444. The Balaban J connectivity index is 1.26. The summed E-state index contributed by atoms with van der Waals surface area (Å²) in [5, 5.41) is 16.9. The maximum absolute atomic E-state index is 13.1. The number of nitriles is 1. The highest BCUT2D eigenvalue weighted by atomic mass is 19.4. The van der Waals surface area contributed by atoms with E-state index in [-0.39, 0.29) is 11.4 Å². The van der Waals surface area contributed by atoms with Crippen LogP contribution in [0.4, 0.5) is 18.9 Å². The van der Waals surface area contributed by atoms with Crippen LogP contribution in [0.2, 0.25) is 0 Å². The molecule has 5 rings (SSSR count). The van der Waals surface area contributed by atoms with E-state index in [4.69, 9.17) is 4.74 Å². The van der Waals surface area contributed by atoms with Crippen molar-refractivity contribution in [2.75, 3.05) is 31.6 Å². The van der Waals surface area contributed by atoms with E-state index in [0.29, 0.717) is 36.0 Å². The third-order valence-corrected chi connectivity index (χ3v) is 7.59. The molecule has 9 nitrogen and oxygen atoms in total. The lowest BCUT2D eigenvalue weighted by Gasteiger charge is -2.41. The van der Waals surface area contributed by atoms with Gasteiger partial charge in [-0.2, -0.15) is 23.5 Å². The summed E-state index contributed by atoms with van der Waals surface area (Å²) < 4.78 is 45.8. The lowest BCUT2D eigenvalue weighted by Crippen LogP contribution is -2.47. The summed E-state index contributed by atoms with van der Waals surface area (Å²) in [4.78, 5) is 23.5. The first-order valence-electron chi connectivity index (χ1n) is 12.8. The minimum atomic E-state index is -4.59. The van der Waals surface area contributed by atoms with Gasteiger partial charge < -0.3 is 10.1 Å². The molecule has 4 heterocycles. The predicted octanol–water partition coefficient (Wildman–Crippen LogP) is 4.28. The minimum absolute atomic E-state index is 0.0439. The predicted molar refractivity (Wildman–Crippen MR) is 135 cm³/mol. The van der Waals surface area contributed by atoms with Crippen LogP contribution in [-0.2, 0) is 16.3 Å². The average molecular weight is 540 g/mol. The Morgan fingerprint density at radius 2 is 1.90 bits per heavy atom. The molecule has 1 amide bonds. The van der Waals surface area contributed by atoms with Crippen LogP contribution in [0.15, 0.2) is 42.7 Å². The largest absolute Gasteiger partial charge is 0.433 e. The molecule has 1 N–H and O–H groups in total. The SMILES string of the molecule is Cc1c(C(=O)Nc2ccc([C@]3(C#N)CC[C@@H](N4CCOCC4)CC3)nc2)cnn1-c1cccc(C(F)(F)F)n1. The molecule has 3 aromatic rings. The van der Waals surface area contributed by atoms with Gasteiger partial charge in [-0.1, -0.05) is 6.07 Å². The van der Waals surface area contributed by atoms with Crippen LogP contribution in [0.1, 0.15) is 53.1 Å². The fourth-order valence-corrected chi connectivity index (χ4v) is 5.34. The summed E-state index contributed by atoms with van der Waals surface area (Å²) in [6.45, 7) is 4.92. The summed E-state index contributed by atoms with van der Waals surface area (Å²) in [6.07, 6.45) is 1.47. The monoisotopic (exact) mass is 539 g/mol. The smallest absolute Gasteiger partial charge is 0.379 e. The van der Waals surface area contributed by atoms with E-state index in [1.807, 2.05) is 0 Å². The van der Waals surface area contributed by atoms with E-state index in [1.54, 1.807) is 19.1 Å². The second-order valence-electron chi connectivity index (χ2n) is 9.89. The van der Waals surface area contributed by atoms with E-state index in [9.17, 15) is 23.2 Å². The second kappa shape index (κ2) is 10.7. The van der Waals surface area contributed by atoms with Crippen molar-refractivity contribution < 1.29 is 22.7 Å². The van der Waals surface area contributed by atoms with Gasteiger partial charge in [0.2, 0.25) is 0 Å². The fourth-order valence-electron chi connectivity index (χ4n) is 5.34. The number of anilines is 1. The van der Waals surface area contributed by atoms with Gasteiger partial charge >= 0.3 is 6.18 Å². The summed E-state index contributed by atoms with van der Waals surface area (Å²) in [6, 6.07) is 9.93. The third-order valence-electron chi connectivity index (χ3n) is 7.59. The van der Waals surface area contributed by atoms with Gasteiger partial charge in [0.05, 0.1) is 59.7 Å². The molecule has 0 spiro atoms. The molecule has 39 heavy (non-hydrogen) atoms. The van der Waals surface area contributed by atoms with E-state index < -0.39 is 23.2 Å². The van der Waals surface area contributed by atoms with Crippen LogP contribution >= 0.6 is 0 Å². The molecule has 0 bridgehead atoms. The molecule has 1 aliphatic carbocycles. The van der Waals surface area contributed by atoms with Crippen molar-refractivity contribution in [1.82, 2.24) is 24.6 Å². The maximum Gasteiger partial charge on any atom is 0.433 e. The Hall–Kier alpha value is -3.82. The van der Waals surface area contributed by atoms with Crippen molar-refractivity contribution >= 4 is 11.6 Å². The molecule has 0 aromatic carbocycles. The van der Waals surface area contributed by atoms with Crippen LogP contribution in [0.5, 0.6) is 0 Å². The van der Waals surface area contributed by atoms with Gasteiger partial charge in [0.1, 0.15) is 5.69 Å². The molecule has 12 heteroatoms. The summed E-state index contributed by atoms with van der Waals surface area (Å²) in [5.41, 5.74) is -0.0679. The third kappa shape index (κ3) is 5.51. The Morgan fingerprint density at radius 1 is 1.15 bits per heavy atom. The van der Waals surface area contributed by atoms with Crippen LogP contribution < -0.4 is 5.32 Å². The average Bonchev–Trinajstić information content (AvgIpc) is 3.35. The molecule has 3 aromatic heterocycles. The number of aromatic nitrogens is 4. The Morgan fingerprint density at radius 3 is 2.54 bits per heavy atom. The first-order valence-corrected chi connectivity index (χ1v) is 12.8. The van der Waals surface area contributed by atoms with Crippen molar-refractivity contribution in [1.29, 1.82) is 5.26 Å². The number of carbonyl (C=O) groups is 1. The van der Waals surface area contributed by atoms with Crippen molar-refractivity contribution in [3.63, 3.8) is 0 Å². The number of alkyl halides is 3. The van der Waals surface area contributed by atoms with Gasteiger partial charge in [-0.05, 0) is 56.9 Å². The molecule has 0 unspecified atom stereocenters. The number of rotatable bonds is 5. The molecule has 1 saturated heterocycles. The topological polar surface area (TPSA) is 109 Å². The van der Waals surface area contributed by atoms with Crippen molar-refractivity contribution in [2.24, 2.45) is 0 Å². The van der Waals surface area contributed by atoms with Crippen LogP contribution in [0, 0.1) is 18.3 Å². The highest BCUT2D eigenvalue weighted by molar-refractivity contribution is 6.04. The summed E-state index contributed by atoms with van der Waals surface area (Å²) in [7, 11) is 0. The normalized spacial score (nSPS) is 22.3. The second-order valence-corrected chi connectivity index (χ2v) is 9.89. The highest BCUT2D eigenvalue weighted by Gasteiger charge is 2.40. The van der Waals surface area contributed by atoms with Gasteiger partial charge in [-0.15, -0.1) is 0 Å². The molecule has 0 atom stereocenters. The van der Waals surface area contributed by atoms with Crippen molar-refractivity contribution in [3.8, 4) is 11.9 Å². The minimum Gasteiger partial charge on any atom is -0.379 e. The number of pyridine rings is 2. The number of amides is 1. The molecular weight excluding hydrogens is 511 g/mol. The van der Waals surface area contributed by atoms with Gasteiger partial charge in [0.25, 0.3) is 5.91 Å². The Labute approximate surface area is 223 Å². The van der Waals surface area contributed by atoms with Crippen LogP contribution in [0.25, 0.3) is 5.82 Å². The van der Waals surface area contributed by atoms with E-state index in [2.05, 4.69) is 31.4 Å². The van der Waals surface area contributed by atoms with Gasteiger partial charge in [0, 0.05) is 19.1 Å². The van der Waals surface area contributed by atoms with Crippen molar-refractivity contribution in [3.05, 3.63) is 65.4 Å². The molecule has 2 fully saturated rings. The quantitative estimate of drug-likeness (QED) is 0.516. The number of morpholine rings is 1. The molecule has 1 saturated carbocycles.